The largest absolute Gasteiger partial charge is 0.395 e. The van der Waals surface area contributed by atoms with Crippen LogP contribution in [0.1, 0.15) is 50.7 Å². The third kappa shape index (κ3) is 4.80. The van der Waals surface area contributed by atoms with E-state index in [4.69, 9.17) is 0 Å². The lowest BCUT2D eigenvalue weighted by Gasteiger charge is -2.36. The van der Waals surface area contributed by atoms with Gasteiger partial charge in [0, 0.05) is 19.1 Å². The maximum atomic E-state index is 10.5. The molecule has 0 radical (unpaired) electrons. The van der Waals surface area contributed by atoms with Crippen LogP contribution in [0.3, 0.4) is 0 Å². The molecule has 21 heavy (non-hydrogen) atoms. The highest BCUT2D eigenvalue weighted by Gasteiger charge is 2.25. The van der Waals surface area contributed by atoms with Gasteiger partial charge in [-0.3, -0.25) is 4.90 Å². The molecule has 2 atom stereocenters. The summed E-state index contributed by atoms with van der Waals surface area (Å²) in [5.41, 5.74) is 0.984. The minimum Gasteiger partial charge on any atom is -0.395 e. The molecule has 0 saturated heterocycles. The smallest absolute Gasteiger partial charge is 0.0827 e. The van der Waals surface area contributed by atoms with Gasteiger partial charge >= 0.3 is 0 Å². The fourth-order valence-electron chi connectivity index (χ4n) is 3.45. The first kappa shape index (κ1) is 16.5. The first-order valence-electron chi connectivity index (χ1n) is 8.30. The second-order valence-corrected chi connectivity index (χ2v) is 6.34. The second-order valence-electron chi connectivity index (χ2n) is 6.34. The molecule has 0 heterocycles. The summed E-state index contributed by atoms with van der Waals surface area (Å²) in [5.74, 6) is 0.167. The van der Waals surface area contributed by atoms with Gasteiger partial charge in [0.25, 0.3) is 0 Å². The fourth-order valence-corrected chi connectivity index (χ4v) is 3.45. The van der Waals surface area contributed by atoms with E-state index >= 15 is 0 Å². The van der Waals surface area contributed by atoms with Crippen LogP contribution < -0.4 is 0 Å². The van der Waals surface area contributed by atoms with E-state index in [2.05, 4.69) is 11.8 Å². The third-order valence-electron chi connectivity index (χ3n) is 4.68. The molecule has 0 amide bonds. The highest BCUT2D eigenvalue weighted by Crippen LogP contribution is 2.27. The lowest BCUT2D eigenvalue weighted by Crippen LogP contribution is -2.42. The van der Waals surface area contributed by atoms with Crippen molar-refractivity contribution in [3.63, 3.8) is 0 Å². The van der Waals surface area contributed by atoms with E-state index in [1.54, 1.807) is 0 Å². The molecule has 3 nitrogen and oxygen atoms in total. The molecule has 1 aromatic carbocycles. The fraction of sp³-hybridized carbons (Fsp3) is 0.667. The van der Waals surface area contributed by atoms with Crippen molar-refractivity contribution in [3.8, 4) is 0 Å². The first-order valence-corrected chi connectivity index (χ1v) is 8.30. The van der Waals surface area contributed by atoms with Gasteiger partial charge in [0.2, 0.25) is 0 Å². The zero-order chi connectivity index (χ0) is 15.1. The number of rotatable bonds is 7. The molecule has 2 unspecified atom stereocenters. The van der Waals surface area contributed by atoms with Gasteiger partial charge in [-0.1, -0.05) is 56.5 Å². The highest BCUT2D eigenvalue weighted by atomic mass is 16.3. The first-order chi connectivity index (χ1) is 10.2. The van der Waals surface area contributed by atoms with Crippen LogP contribution in [-0.2, 0) is 0 Å². The summed E-state index contributed by atoms with van der Waals surface area (Å²) in [6, 6.07) is 10.5. The molecule has 1 aromatic rings. The molecule has 0 aliphatic heterocycles. The number of nitrogens with zero attached hydrogens (tertiary/aromatic N) is 1. The predicted octanol–water partition coefficient (Wildman–Crippen LogP) is 2.98. The van der Waals surface area contributed by atoms with Crippen LogP contribution in [0.5, 0.6) is 0 Å². The Kier molecular flexibility index (Phi) is 6.68. The van der Waals surface area contributed by atoms with Crippen molar-refractivity contribution in [3.05, 3.63) is 35.9 Å². The van der Waals surface area contributed by atoms with Crippen LogP contribution in [0.15, 0.2) is 30.3 Å². The minimum atomic E-state index is -0.434. The van der Waals surface area contributed by atoms with Crippen molar-refractivity contribution in [1.82, 2.24) is 4.90 Å². The second kappa shape index (κ2) is 8.52. The Morgan fingerprint density at radius 3 is 2.43 bits per heavy atom. The number of hydrogen-bond acceptors (Lipinski definition) is 3. The maximum Gasteiger partial charge on any atom is 0.0827 e. The molecular weight excluding hydrogens is 262 g/mol. The van der Waals surface area contributed by atoms with E-state index in [0.717, 1.165) is 18.7 Å². The van der Waals surface area contributed by atoms with Crippen molar-refractivity contribution in [2.75, 3.05) is 19.7 Å². The van der Waals surface area contributed by atoms with E-state index in [9.17, 15) is 10.2 Å². The van der Waals surface area contributed by atoms with Crippen LogP contribution >= 0.6 is 0 Å². The average molecular weight is 291 g/mol. The van der Waals surface area contributed by atoms with Crippen molar-refractivity contribution in [2.45, 2.75) is 51.2 Å². The van der Waals surface area contributed by atoms with Gasteiger partial charge in [-0.25, -0.2) is 0 Å². The molecule has 0 aromatic heterocycles. The molecule has 0 bridgehead atoms. The summed E-state index contributed by atoms with van der Waals surface area (Å²) >= 11 is 0. The van der Waals surface area contributed by atoms with E-state index in [-0.39, 0.29) is 12.5 Å². The number of aliphatic hydroxyl groups excluding tert-OH is 2. The molecule has 1 aliphatic carbocycles. The van der Waals surface area contributed by atoms with Crippen molar-refractivity contribution >= 4 is 0 Å². The van der Waals surface area contributed by atoms with Crippen molar-refractivity contribution < 1.29 is 10.2 Å². The molecular formula is C18H29NO2. The molecule has 1 fully saturated rings. The van der Waals surface area contributed by atoms with Crippen molar-refractivity contribution in [1.29, 1.82) is 0 Å². The van der Waals surface area contributed by atoms with E-state index < -0.39 is 6.10 Å². The molecule has 2 rings (SSSR count). The number of hydrogen-bond donors (Lipinski definition) is 2. The van der Waals surface area contributed by atoms with Crippen LogP contribution in [-0.4, -0.2) is 40.9 Å². The summed E-state index contributed by atoms with van der Waals surface area (Å²) in [6.07, 6.45) is 5.95. The summed E-state index contributed by atoms with van der Waals surface area (Å²) < 4.78 is 0. The van der Waals surface area contributed by atoms with Gasteiger partial charge in [0.1, 0.15) is 0 Å². The molecule has 118 valence electrons. The van der Waals surface area contributed by atoms with Gasteiger partial charge in [0.15, 0.2) is 0 Å². The summed E-state index contributed by atoms with van der Waals surface area (Å²) in [7, 11) is 0. The van der Waals surface area contributed by atoms with Crippen LogP contribution in [0.4, 0.5) is 0 Å². The standard InChI is InChI=1S/C18H29NO2/c1-15(18(21)16-8-4-2-5-9-16)14-19(12-13-20)17-10-6-3-7-11-17/h2,4-5,8-9,15,17-18,20-21H,3,6-7,10-14H2,1H3. The lowest BCUT2D eigenvalue weighted by atomic mass is 9.91. The molecule has 3 heteroatoms. The van der Waals surface area contributed by atoms with E-state index in [0.29, 0.717) is 6.04 Å². The zero-order valence-corrected chi connectivity index (χ0v) is 13.1. The molecule has 2 N–H and O–H groups in total. The summed E-state index contributed by atoms with van der Waals surface area (Å²) in [6.45, 7) is 3.87. The van der Waals surface area contributed by atoms with E-state index in [1.807, 2.05) is 30.3 Å². The highest BCUT2D eigenvalue weighted by molar-refractivity contribution is 5.17. The van der Waals surface area contributed by atoms with Gasteiger partial charge in [0.05, 0.1) is 12.7 Å². The molecule has 1 saturated carbocycles. The van der Waals surface area contributed by atoms with Crippen LogP contribution in [0, 0.1) is 5.92 Å². The normalized spacial score (nSPS) is 19.6. The number of aliphatic hydroxyl groups is 2. The van der Waals surface area contributed by atoms with Crippen LogP contribution in [0.2, 0.25) is 0 Å². The molecule has 0 spiro atoms. The SMILES string of the molecule is CC(CN(CCO)C1CCCCC1)C(O)c1ccccc1. The predicted molar refractivity (Wildman–Crippen MR) is 86.1 cm³/mol. The Bertz CT molecular complexity index is 389. The quantitative estimate of drug-likeness (QED) is 0.811. The third-order valence-corrected chi connectivity index (χ3v) is 4.68. The lowest BCUT2D eigenvalue weighted by molar-refractivity contribution is 0.0547. The minimum absolute atomic E-state index is 0.167. The average Bonchev–Trinajstić information content (AvgIpc) is 2.55. The Balaban J connectivity index is 1.95. The Morgan fingerprint density at radius 2 is 1.81 bits per heavy atom. The topological polar surface area (TPSA) is 43.7 Å². The maximum absolute atomic E-state index is 10.5. The Hall–Kier alpha value is -0.900. The van der Waals surface area contributed by atoms with E-state index in [1.165, 1.54) is 32.1 Å². The summed E-state index contributed by atoms with van der Waals surface area (Å²) in [4.78, 5) is 2.38. The Morgan fingerprint density at radius 1 is 1.14 bits per heavy atom. The van der Waals surface area contributed by atoms with Crippen molar-refractivity contribution in [2.24, 2.45) is 5.92 Å². The Labute approximate surface area is 128 Å². The number of benzene rings is 1. The van der Waals surface area contributed by atoms with Gasteiger partial charge < -0.3 is 10.2 Å². The van der Waals surface area contributed by atoms with Gasteiger partial charge in [-0.05, 0) is 24.3 Å². The van der Waals surface area contributed by atoms with Gasteiger partial charge in [-0.15, -0.1) is 0 Å². The van der Waals surface area contributed by atoms with Crippen LogP contribution in [0.25, 0.3) is 0 Å². The molecule has 1 aliphatic rings. The summed E-state index contributed by atoms with van der Waals surface area (Å²) in [5, 5.41) is 19.8. The zero-order valence-electron chi connectivity index (χ0n) is 13.1. The van der Waals surface area contributed by atoms with Gasteiger partial charge in [-0.2, -0.15) is 0 Å². The monoisotopic (exact) mass is 291 g/mol.